The summed E-state index contributed by atoms with van der Waals surface area (Å²) in [5.74, 6) is 0.805. The molecule has 1 saturated carbocycles. The molecule has 1 aliphatic rings. The van der Waals surface area contributed by atoms with Crippen molar-refractivity contribution < 1.29 is 0 Å². The van der Waals surface area contributed by atoms with Gasteiger partial charge in [-0.1, -0.05) is 6.92 Å². The van der Waals surface area contributed by atoms with Gasteiger partial charge in [-0.15, -0.1) is 0 Å². The quantitative estimate of drug-likeness (QED) is 0.868. The first-order valence-electron chi connectivity index (χ1n) is 6.51. The predicted octanol–water partition coefficient (Wildman–Crippen LogP) is 2.03. The molecule has 3 atom stereocenters. The highest BCUT2D eigenvalue weighted by Gasteiger charge is 2.28. The summed E-state index contributed by atoms with van der Waals surface area (Å²) in [7, 11) is 2.18. The molecule has 0 aromatic carbocycles. The van der Waals surface area contributed by atoms with E-state index in [1.165, 1.54) is 18.4 Å². The Bertz CT molecular complexity index is 339. The SMILES string of the molecule is CC1CCC(N)C(N(C)Cc2ccncc2)C1. The highest BCUT2D eigenvalue weighted by Crippen LogP contribution is 2.26. The lowest BCUT2D eigenvalue weighted by atomic mass is 9.83. The van der Waals surface area contributed by atoms with Crippen molar-refractivity contribution in [1.29, 1.82) is 0 Å². The first-order valence-corrected chi connectivity index (χ1v) is 6.51. The van der Waals surface area contributed by atoms with Gasteiger partial charge < -0.3 is 5.73 Å². The molecule has 1 heterocycles. The number of nitrogens with two attached hydrogens (primary N) is 1. The second kappa shape index (κ2) is 5.61. The number of hydrogen-bond acceptors (Lipinski definition) is 3. The van der Waals surface area contributed by atoms with E-state index in [2.05, 4.69) is 36.0 Å². The summed E-state index contributed by atoms with van der Waals surface area (Å²) in [5, 5.41) is 0. The topological polar surface area (TPSA) is 42.1 Å². The van der Waals surface area contributed by atoms with Gasteiger partial charge in [0, 0.05) is 31.0 Å². The number of aromatic nitrogens is 1. The number of pyridine rings is 1. The maximum atomic E-state index is 6.24. The zero-order chi connectivity index (χ0) is 12.3. The van der Waals surface area contributed by atoms with Crippen LogP contribution in [0.4, 0.5) is 0 Å². The molecule has 1 aromatic rings. The number of hydrogen-bond donors (Lipinski definition) is 1. The van der Waals surface area contributed by atoms with Gasteiger partial charge in [-0.2, -0.15) is 0 Å². The van der Waals surface area contributed by atoms with E-state index in [0.29, 0.717) is 12.1 Å². The Balaban J connectivity index is 1.97. The molecule has 2 rings (SSSR count). The minimum Gasteiger partial charge on any atom is -0.326 e. The van der Waals surface area contributed by atoms with E-state index >= 15 is 0 Å². The molecular formula is C14H23N3. The Kier molecular flexibility index (Phi) is 4.13. The highest BCUT2D eigenvalue weighted by atomic mass is 15.1. The van der Waals surface area contributed by atoms with Gasteiger partial charge in [-0.05, 0) is 49.9 Å². The summed E-state index contributed by atoms with van der Waals surface area (Å²) >= 11 is 0. The summed E-state index contributed by atoms with van der Waals surface area (Å²) < 4.78 is 0. The molecule has 0 spiro atoms. The molecule has 3 nitrogen and oxygen atoms in total. The fourth-order valence-corrected chi connectivity index (χ4v) is 2.77. The summed E-state index contributed by atoms with van der Waals surface area (Å²) in [6.07, 6.45) is 7.37. The zero-order valence-corrected chi connectivity index (χ0v) is 10.8. The number of rotatable bonds is 3. The van der Waals surface area contributed by atoms with Gasteiger partial charge in [0.1, 0.15) is 0 Å². The van der Waals surface area contributed by atoms with Crippen LogP contribution in [0.3, 0.4) is 0 Å². The van der Waals surface area contributed by atoms with Gasteiger partial charge in [0.15, 0.2) is 0 Å². The minimum absolute atomic E-state index is 0.332. The first-order chi connectivity index (χ1) is 8.16. The Morgan fingerprint density at radius 2 is 2.06 bits per heavy atom. The van der Waals surface area contributed by atoms with Crippen molar-refractivity contribution in [2.45, 2.75) is 44.8 Å². The van der Waals surface area contributed by atoms with Gasteiger partial charge >= 0.3 is 0 Å². The Morgan fingerprint density at radius 1 is 1.35 bits per heavy atom. The molecule has 0 saturated heterocycles. The summed E-state index contributed by atoms with van der Waals surface area (Å²) in [5.41, 5.74) is 7.55. The minimum atomic E-state index is 0.332. The van der Waals surface area contributed by atoms with E-state index in [0.717, 1.165) is 18.9 Å². The molecule has 3 heteroatoms. The van der Waals surface area contributed by atoms with Crippen molar-refractivity contribution in [3.63, 3.8) is 0 Å². The number of likely N-dealkylation sites (N-methyl/N-ethyl adjacent to an activating group) is 1. The largest absolute Gasteiger partial charge is 0.326 e. The second-order valence-electron chi connectivity index (χ2n) is 5.42. The van der Waals surface area contributed by atoms with E-state index in [9.17, 15) is 0 Å². The first kappa shape index (κ1) is 12.5. The standard InChI is InChI=1S/C14H23N3/c1-11-3-4-13(15)14(9-11)17(2)10-12-5-7-16-8-6-12/h5-8,11,13-14H,3-4,9-10,15H2,1-2H3. The average molecular weight is 233 g/mol. The zero-order valence-electron chi connectivity index (χ0n) is 10.8. The summed E-state index contributed by atoms with van der Waals surface area (Å²) in [6, 6.07) is 5.01. The third-order valence-corrected chi connectivity index (χ3v) is 3.88. The molecule has 0 amide bonds. The molecule has 1 fully saturated rings. The average Bonchev–Trinajstić information content (AvgIpc) is 2.33. The van der Waals surface area contributed by atoms with Crippen LogP contribution in [0.1, 0.15) is 31.7 Å². The Hall–Kier alpha value is -0.930. The van der Waals surface area contributed by atoms with E-state index in [-0.39, 0.29) is 0 Å². The fourth-order valence-electron chi connectivity index (χ4n) is 2.77. The second-order valence-corrected chi connectivity index (χ2v) is 5.42. The smallest absolute Gasteiger partial charge is 0.0271 e. The van der Waals surface area contributed by atoms with Crippen molar-refractivity contribution in [2.24, 2.45) is 11.7 Å². The molecule has 2 N–H and O–H groups in total. The predicted molar refractivity (Wildman–Crippen MR) is 70.5 cm³/mol. The third-order valence-electron chi connectivity index (χ3n) is 3.88. The lowest BCUT2D eigenvalue weighted by Gasteiger charge is -2.38. The van der Waals surface area contributed by atoms with Crippen LogP contribution in [0.5, 0.6) is 0 Å². The summed E-state index contributed by atoms with van der Waals surface area (Å²) in [6.45, 7) is 3.30. The van der Waals surface area contributed by atoms with Crippen LogP contribution in [0, 0.1) is 5.92 Å². The molecule has 0 radical (unpaired) electrons. The Labute approximate surface area is 104 Å². The van der Waals surface area contributed by atoms with Gasteiger partial charge in [0.25, 0.3) is 0 Å². The Morgan fingerprint density at radius 3 is 2.76 bits per heavy atom. The lowest BCUT2D eigenvalue weighted by molar-refractivity contribution is 0.136. The third kappa shape index (κ3) is 3.27. The highest BCUT2D eigenvalue weighted by molar-refractivity contribution is 5.09. The van der Waals surface area contributed by atoms with E-state index < -0.39 is 0 Å². The van der Waals surface area contributed by atoms with Crippen molar-refractivity contribution in [3.05, 3.63) is 30.1 Å². The molecule has 1 aliphatic carbocycles. The van der Waals surface area contributed by atoms with Crippen molar-refractivity contribution >= 4 is 0 Å². The van der Waals surface area contributed by atoms with E-state index in [1.807, 2.05) is 12.4 Å². The van der Waals surface area contributed by atoms with Crippen molar-refractivity contribution in [1.82, 2.24) is 9.88 Å². The van der Waals surface area contributed by atoms with Crippen LogP contribution < -0.4 is 5.73 Å². The number of nitrogens with zero attached hydrogens (tertiary/aromatic N) is 2. The monoisotopic (exact) mass is 233 g/mol. The summed E-state index contributed by atoms with van der Waals surface area (Å²) in [4.78, 5) is 6.45. The van der Waals surface area contributed by atoms with Crippen LogP contribution >= 0.6 is 0 Å². The van der Waals surface area contributed by atoms with Crippen molar-refractivity contribution in [2.75, 3.05) is 7.05 Å². The van der Waals surface area contributed by atoms with E-state index in [4.69, 9.17) is 5.73 Å². The van der Waals surface area contributed by atoms with Gasteiger partial charge in [-0.3, -0.25) is 9.88 Å². The molecule has 3 unspecified atom stereocenters. The normalized spacial score (nSPS) is 29.5. The maximum Gasteiger partial charge on any atom is 0.0271 e. The van der Waals surface area contributed by atoms with Crippen LogP contribution in [-0.2, 0) is 6.54 Å². The van der Waals surface area contributed by atoms with E-state index in [1.54, 1.807) is 0 Å². The van der Waals surface area contributed by atoms with Crippen LogP contribution in [0.25, 0.3) is 0 Å². The maximum absolute atomic E-state index is 6.24. The lowest BCUT2D eigenvalue weighted by Crippen LogP contribution is -2.49. The van der Waals surface area contributed by atoms with Crippen LogP contribution in [0.15, 0.2) is 24.5 Å². The molecule has 0 bridgehead atoms. The van der Waals surface area contributed by atoms with Gasteiger partial charge in [0.2, 0.25) is 0 Å². The molecule has 1 aromatic heterocycles. The van der Waals surface area contributed by atoms with Gasteiger partial charge in [-0.25, -0.2) is 0 Å². The van der Waals surface area contributed by atoms with Gasteiger partial charge in [0.05, 0.1) is 0 Å². The molecule has 94 valence electrons. The molecular weight excluding hydrogens is 210 g/mol. The van der Waals surface area contributed by atoms with Crippen LogP contribution in [-0.4, -0.2) is 29.0 Å². The van der Waals surface area contributed by atoms with Crippen LogP contribution in [0.2, 0.25) is 0 Å². The molecule has 17 heavy (non-hydrogen) atoms. The van der Waals surface area contributed by atoms with Crippen molar-refractivity contribution in [3.8, 4) is 0 Å². The molecule has 0 aliphatic heterocycles. The fraction of sp³-hybridized carbons (Fsp3) is 0.643.